The lowest BCUT2D eigenvalue weighted by Gasteiger charge is -2.07. The Morgan fingerprint density at radius 1 is 1.29 bits per heavy atom. The van der Waals surface area contributed by atoms with E-state index in [1.165, 1.54) is 12.1 Å². The summed E-state index contributed by atoms with van der Waals surface area (Å²) in [4.78, 5) is 0. The summed E-state index contributed by atoms with van der Waals surface area (Å²) >= 11 is 0. The Morgan fingerprint density at radius 3 is 2.50 bits per heavy atom. The smallest absolute Gasteiger partial charge is 0.512 e. The van der Waals surface area contributed by atoms with Gasteiger partial charge in [-0.25, -0.2) is 4.39 Å². The second-order valence-electron chi connectivity index (χ2n) is 2.50. The molecule has 0 aliphatic rings. The number of ether oxygens (including phenoxy) is 1. The van der Waals surface area contributed by atoms with Gasteiger partial charge < -0.3 is 19.4 Å². The van der Waals surface area contributed by atoms with Crippen LogP contribution >= 0.6 is 0 Å². The van der Waals surface area contributed by atoms with Crippen LogP contribution in [0.25, 0.3) is 0 Å². The average molecular weight is 200 g/mol. The van der Waals surface area contributed by atoms with Crippen LogP contribution in [0.15, 0.2) is 18.2 Å². The molecule has 4 nitrogen and oxygen atoms in total. The summed E-state index contributed by atoms with van der Waals surface area (Å²) in [7, 11) is -1.97. The Bertz CT molecular complexity index is 305. The van der Waals surface area contributed by atoms with Crippen molar-refractivity contribution < 1.29 is 23.8 Å². The highest BCUT2D eigenvalue weighted by Gasteiger charge is 2.12. The summed E-state index contributed by atoms with van der Waals surface area (Å²) in [6, 6.07) is 3.58. The number of halogens is 1. The molecule has 0 saturated heterocycles. The summed E-state index contributed by atoms with van der Waals surface area (Å²) in [5.74, 6) is -0.279. The Hall–Kier alpha value is -1.27. The van der Waals surface area contributed by atoms with Crippen LogP contribution in [0, 0.1) is 5.82 Å². The van der Waals surface area contributed by atoms with Crippen LogP contribution in [0.1, 0.15) is 6.92 Å². The quantitative estimate of drug-likeness (QED) is 0.697. The fraction of sp³-hybridized carbons (Fsp3) is 0.250. The van der Waals surface area contributed by atoms with Crippen molar-refractivity contribution in [3.63, 3.8) is 0 Å². The van der Waals surface area contributed by atoms with E-state index in [1.54, 1.807) is 6.92 Å². The van der Waals surface area contributed by atoms with Crippen molar-refractivity contribution in [2.45, 2.75) is 6.92 Å². The van der Waals surface area contributed by atoms with Gasteiger partial charge in [0.05, 0.1) is 6.61 Å². The molecule has 0 aliphatic heterocycles. The fourth-order valence-electron chi connectivity index (χ4n) is 0.977. The van der Waals surface area contributed by atoms with Gasteiger partial charge in [0.15, 0.2) is 0 Å². The van der Waals surface area contributed by atoms with Crippen molar-refractivity contribution >= 4 is 7.32 Å². The molecule has 1 aromatic rings. The standard InChI is InChI=1S/C8H10BFO4/c1-2-13-7-3-6(10)4-8(5-7)14-9(11)12/h3-5,11-12H,2H2,1H3. The molecule has 0 aliphatic carbocycles. The Labute approximate surface area is 81.1 Å². The third-order valence-corrected chi connectivity index (χ3v) is 1.40. The molecule has 0 aromatic heterocycles. The highest BCUT2D eigenvalue weighted by atomic mass is 19.1. The maximum Gasteiger partial charge on any atom is 0.707 e. The van der Waals surface area contributed by atoms with Crippen LogP contribution in [0.2, 0.25) is 0 Å². The molecule has 0 bridgehead atoms. The third kappa shape index (κ3) is 3.23. The van der Waals surface area contributed by atoms with Gasteiger partial charge in [-0.15, -0.1) is 0 Å². The van der Waals surface area contributed by atoms with E-state index >= 15 is 0 Å². The first kappa shape index (κ1) is 10.8. The first-order valence-electron chi connectivity index (χ1n) is 4.08. The molecule has 0 spiro atoms. The molecule has 1 rings (SSSR count). The lowest BCUT2D eigenvalue weighted by molar-refractivity contribution is 0.285. The number of hydrogen-bond donors (Lipinski definition) is 2. The summed E-state index contributed by atoms with van der Waals surface area (Å²) in [6.45, 7) is 2.15. The molecular weight excluding hydrogens is 190 g/mol. The first-order chi connectivity index (χ1) is 6.61. The van der Waals surface area contributed by atoms with Crippen LogP contribution < -0.4 is 9.39 Å². The van der Waals surface area contributed by atoms with Crippen molar-refractivity contribution in [3.05, 3.63) is 24.0 Å². The molecule has 0 atom stereocenters. The fourth-order valence-corrected chi connectivity index (χ4v) is 0.977. The van der Waals surface area contributed by atoms with Gasteiger partial charge in [0.25, 0.3) is 0 Å². The van der Waals surface area contributed by atoms with E-state index in [2.05, 4.69) is 4.65 Å². The van der Waals surface area contributed by atoms with Crippen LogP contribution in [0.3, 0.4) is 0 Å². The molecule has 2 N–H and O–H groups in total. The van der Waals surface area contributed by atoms with Gasteiger partial charge in [-0.05, 0) is 6.92 Å². The summed E-state index contributed by atoms with van der Waals surface area (Å²) in [6.07, 6.45) is 0. The van der Waals surface area contributed by atoms with E-state index in [-0.39, 0.29) is 11.5 Å². The molecule has 0 fully saturated rings. The minimum absolute atomic E-state index is 0.00319. The first-order valence-corrected chi connectivity index (χ1v) is 4.08. The molecule has 1 aromatic carbocycles. The summed E-state index contributed by atoms with van der Waals surface area (Å²) in [5.41, 5.74) is 0. The van der Waals surface area contributed by atoms with Crippen LogP contribution in [0.5, 0.6) is 11.5 Å². The van der Waals surface area contributed by atoms with Gasteiger partial charge in [0.2, 0.25) is 0 Å². The van der Waals surface area contributed by atoms with Crippen molar-refractivity contribution in [2.75, 3.05) is 6.61 Å². The van der Waals surface area contributed by atoms with Gasteiger partial charge in [-0.2, -0.15) is 0 Å². The number of hydrogen-bond acceptors (Lipinski definition) is 4. The molecule has 0 saturated carbocycles. The molecule has 6 heteroatoms. The molecule has 76 valence electrons. The minimum Gasteiger partial charge on any atom is -0.512 e. The summed E-state index contributed by atoms with van der Waals surface area (Å²) in [5, 5.41) is 17.0. The van der Waals surface area contributed by atoms with E-state index < -0.39 is 13.1 Å². The molecule has 0 radical (unpaired) electrons. The molecule has 14 heavy (non-hydrogen) atoms. The zero-order valence-corrected chi connectivity index (χ0v) is 7.61. The normalized spacial score (nSPS) is 9.71. The molecule has 0 heterocycles. The van der Waals surface area contributed by atoms with E-state index in [1.807, 2.05) is 0 Å². The molecular formula is C8H10BFO4. The van der Waals surface area contributed by atoms with Crippen LogP contribution in [-0.2, 0) is 0 Å². The van der Waals surface area contributed by atoms with Crippen molar-refractivity contribution in [1.29, 1.82) is 0 Å². The van der Waals surface area contributed by atoms with Crippen LogP contribution in [-0.4, -0.2) is 24.0 Å². The average Bonchev–Trinajstić information content (AvgIpc) is 2.01. The zero-order valence-electron chi connectivity index (χ0n) is 7.61. The number of benzene rings is 1. The van der Waals surface area contributed by atoms with E-state index in [0.29, 0.717) is 6.61 Å². The van der Waals surface area contributed by atoms with Gasteiger partial charge in [-0.3, -0.25) is 0 Å². The molecule has 0 amide bonds. The monoisotopic (exact) mass is 200 g/mol. The molecule has 0 unspecified atom stereocenters. The Balaban J connectivity index is 2.83. The third-order valence-electron chi connectivity index (χ3n) is 1.40. The maximum atomic E-state index is 12.9. The van der Waals surface area contributed by atoms with E-state index in [4.69, 9.17) is 14.8 Å². The minimum atomic E-state index is -1.97. The summed E-state index contributed by atoms with van der Waals surface area (Å²) < 4.78 is 22.4. The Morgan fingerprint density at radius 2 is 1.93 bits per heavy atom. The zero-order chi connectivity index (χ0) is 10.6. The SMILES string of the molecule is CCOc1cc(F)cc(OB(O)O)c1. The van der Waals surface area contributed by atoms with Gasteiger partial charge in [0, 0.05) is 18.2 Å². The topological polar surface area (TPSA) is 58.9 Å². The van der Waals surface area contributed by atoms with Gasteiger partial charge in [0.1, 0.15) is 17.3 Å². The second-order valence-corrected chi connectivity index (χ2v) is 2.50. The van der Waals surface area contributed by atoms with Gasteiger partial charge >= 0.3 is 7.32 Å². The number of rotatable bonds is 4. The Kier molecular flexibility index (Phi) is 3.73. The predicted molar refractivity (Wildman–Crippen MR) is 48.4 cm³/mol. The van der Waals surface area contributed by atoms with Crippen molar-refractivity contribution in [1.82, 2.24) is 0 Å². The lowest BCUT2D eigenvalue weighted by Crippen LogP contribution is -2.20. The highest BCUT2D eigenvalue weighted by molar-refractivity contribution is 6.33. The lowest BCUT2D eigenvalue weighted by atomic mass is 10.2. The predicted octanol–water partition coefficient (Wildman–Crippen LogP) is 0.573. The van der Waals surface area contributed by atoms with E-state index in [9.17, 15) is 4.39 Å². The van der Waals surface area contributed by atoms with Crippen molar-refractivity contribution in [2.24, 2.45) is 0 Å². The largest absolute Gasteiger partial charge is 0.707 e. The van der Waals surface area contributed by atoms with Crippen LogP contribution in [0.4, 0.5) is 4.39 Å². The second kappa shape index (κ2) is 4.83. The highest BCUT2D eigenvalue weighted by Crippen LogP contribution is 2.22. The van der Waals surface area contributed by atoms with E-state index in [0.717, 1.165) is 6.07 Å². The maximum absolute atomic E-state index is 12.9. The van der Waals surface area contributed by atoms with Crippen molar-refractivity contribution in [3.8, 4) is 11.5 Å². The van der Waals surface area contributed by atoms with Gasteiger partial charge in [-0.1, -0.05) is 0 Å².